The van der Waals surface area contributed by atoms with Gasteiger partial charge in [0.05, 0.1) is 21.5 Å². The minimum absolute atomic E-state index is 0.0114. The van der Waals surface area contributed by atoms with E-state index in [0.717, 1.165) is 10.1 Å². The van der Waals surface area contributed by atoms with Crippen molar-refractivity contribution in [2.45, 2.75) is 11.3 Å². The van der Waals surface area contributed by atoms with Crippen LogP contribution in [-0.2, 0) is 23.5 Å². The van der Waals surface area contributed by atoms with E-state index >= 15 is 0 Å². The molecule has 2 aromatic carbocycles. The second-order valence-electron chi connectivity index (χ2n) is 5.85. The number of benzene rings is 2. The smallest absolute Gasteiger partial charge is 0.372 e. The second-order valence-corrected chi connectivity index (χ2v) is 7.71. The minimum atomic E-state index is -3.82. The van der Waals surface area contributed by atoms with Crippen LogP contribution in [-0.4, -0.2) is 19.5 Å². The maximum atomic E-state index is 13.0. The van der Waals surface area contributed by atoms with Gasteiger partial charge in [-0.1, -0.05) is 18.2 Å². The fraction of sp³-hybridized carbons (Fsp3) is 0.176. The van der Waals surface area contributed by atoms with Crippen molar-refractivity contribution in [2.75, 3.05) is 10.8 Å². The van der Waals surface area contributed by atoms with E-state index in [0.29, 0.717) is 24.2 Å². The third kappa shape index (κ3) is 2.29. The maximum Gasteiger partial charge on any atom is 0.422 e. The lowest BCUT2D eigenvalue weighted by Gasteiger charge is -2.19. The highest BCUT2D eigenvalue weighted by molar-refractivity contribution is 7.92. The zero-order valence-corrected chi connectivity index (χ0v) is 14.1. The van der Waals surface area contributed by atoms with Gasteiger partial charge in [0.2, 0.25) is 0 Å². The van der Waals surface area contributed by atoms with Crippen molar-refractivity contribution in [3.05, 3.63) is 69.0 Å². The van der Waals surface area contributed by atoms with E-state index < -0.39 is 21.4 Å². The van der Waals surface area contributed by atoms with Gasteiger partial charge < -0.3 is 4.42 Å². The summed E-state index contributed by atoms with van der Waals surface area (Å²) in [6, 6.07) is 11.4. The molecule has 25 heavy (non-hydrogen) atoms. The highest BCUT2D eigenvalue weighted by Gasteiger charge is 2.31. The van der Waals surface area contributed by atoms with Crippen LogP contribution in [0.3, 0.4) is 0 Å². The zero-order valence-electron chi connectivity index (χ0n) is 13.3. The van der Waals surface area contributed by atoms with Crippen LogP contribution in [0.1, 0.15) is 5.56 Å². The molecule has 4 rings (SSSR count). The van der Waals surface area contributed by atoms with E-state index in [1.807, 2.05) is 12.1 Å². The topological polar surface area (TPSA) is 89.6 Å². The summed E-state index contributed by atoms with van der Waals surface area (Å²) in [7, 11) is -2.36. The molecule has 3 aromatic rings. The van der Waals surface area contributed by atoms with E-state index in [2.05, 4.69) is 4.42 Å². The first-order valence-electron chi connectivity index (χ1n) is 7.64. The van der Waals surface area contributed by atoms with Crippen LogP contribution in [0.5, 0.6) is 0 Å². The first kappa shape index (κ1) is 15.6. The van der Waals surface area contributed by atoms with Crippen LogP contribution >= 0.6 is 0 Å². The predicted octanol–water partition coefficient (Wildman–Crippen LogP) is 1.24. The van der Waals surface area contributed by atoms with Crippen LogP contribution in [0.2, 0.25) is 0 Å². The Kier molecular flexibility index (Phi) is 3.33. The van der Waals surface area contributed by atoms with Gasteiger partial charge in [-0.05, 0) is 36.2 Å². The number of aromatic nitrogens is 1. The summed E-state index contributed by atoms with van der Waals surface area (Å²) in [4.78, 5) is 23.5. The lowest BCUT2D eigenvalue weighted by Crippen LogP contribution is -2.29. The van der Waals surface area contributed by atoms with Gasteiger partial charge in [-0.25, -0.2) is 18.0 Å². The largest absolute Gasteiger partial charge is 0.422 e. The Labute approximate surface area is 142 Å². The third-order valence-corrected chi connectivity index (χ3v) is 6.24. The fourth-order valence-corrected chi connectivity index (χ4v) is 4.65. The van der Waals surface area contributed by atoms with Crippen molar-refractivity contribution in [3.63, 3.8) is 0 Å². The van der Waals surface area contributed by atoms with Crippen LogP contribution in [0.15, 0.2) is 61.4 Å². The minimum Gasteiger partial charge on any atom is -0.372 e. The van der Waals surface area contributed by atoms with E-state index in [-0.39, 0.29) is 10.3 Å². The fourth-order valence-electron chi connectivity index (χ4n) is 3.12. The van der Waals surface area contributed by atoms with Crippen molar-refractivity contribution in [3.8, 4) is 0 Å². The molecule has 1 aliphatic rings. The Morgan fingerprint density at radius 1 is 1.08 bits per heavy atom. The van der Waals surface area contributed by atoms with Gasteiger partial charge >= 0.3 is 11.4 Å². The van der Waals surface area contributed by atoms with Gasteiger partial charge in [-0.2, -0.15) is 0 Å². The van der Waals surface area contributed by atoms with Gasteiger partial charge in [0.15, 0.2) is 0 Å². The second kappa shape index (κ2) is 5.32. The normalized spacial score (nSPS) is 14.0. The molecule has 0 saturated heterocycles. The van der Waals surface area contributed by atoms with E-state index in [1.165, 1.54) is 29.6 Å². The SMILES string of the molecule is Cn1c(=O)oc(=O)c2cc(S(=O)(=O)N3CCc4ccccc43)ccc21. The highest BCUT2D eigenvalue weighted by Crippen LogP contribution is 2.33. The first-order chi connectivity index (χ1) is 11.9. The monoisotopic (exact) mass is 358 g/mol. The number of rotatable bonds is 2. The van der Waals surface area contributed by atoms with Gasteiger partial charge in [-0.15, -0.1) is 0 Å². The molecule has 0 amide bonds. The number of nitrogens with zero attached hydrogens (tertiary/aromatic N) is 2. The Morgan fingerprint density at radius 3 is 2.64 bits per heavy atom. The molecule has 7 nitrogen and oxygen atoms in total. The molecule has 128 valence electrons. The maximum absolute atomic E-state index is 13.0. The number of fused-ring (bicyclic) bond motifs is 2. The molecule has 2 heterocycles. The molecular formula is C17H14N2O5S. The Bertz CT molecular complexity index is 1220. The number of aryl methyl sites for hydroxylation is 1. The zero-order chi connectivity index (χ0) is 17.8. The molecule has 1 aliphatic heterocycles. The predicted molar refractivity (Wildman–Crippen MR) is 92.4 cm³/mol. The molecule has 0 saturated carbocycles. The Balaban J connectivity index is 1.90. The standard InChI is InChI=1S/C17H14N2O5S/c1-18-15-7-6-12(10-13(15)16(20)24-17(18)21)25(22,23)19-9-8-11-4-2-3-5-14(11)19/h2-7,10H,8-9H2,1H3. The highest BCUT2D eigenvalue weighted by atomic mass is 32.2. The summed E-state index contributed by atoms with van der Waals surface area (Å²) >= 11 is 0. The molecule has 0 fully saturated rings. The van der Waals surface area contributed by atoms with E-state index in [9.17, 15) is 18.0 Å². The molecule has 0 unspecified atom stereocenters. The first-order valence-corrected chi connectivity index (χ1v) is 9.08. The Morgan fingerprint density at radius 2 is 1.84 bits per heavy atom. The molecule has 0 aliphatic carbocycles. The molecule has 0 spiro atoms. The van der Waals surface area contributed by atoms with Crippen molar-refractivity contribution in [1.29, 1.82) is 0 Å². The van der Waals surface area contributed by atoms with Crippen LogP contribution < -0.4 is 15.7 Å². The summed E-state index contributed by atoms with van der Waals surface area (Å²) in [5.74, 6) is -0.790. The average molecular weight is 358 g/mol. The van der Waals surface area contributed by atoms with Gasteiger partial charge in [0.25, 0.3) is 10.0 Å². The van der Waals surface area contributed by atoms with Gasteiger partial charge in [0, 0.05) is 13.6 Å². The average Bonchev–Trinajstić information content (AvgIpc) is 3.04. The summed E-state index contributed by atoms with van der Waals surface area (Å²) in [6.45, 7) is 0.349. The van der Waals surface area contributed by atoms with Crippen LogP contribution in [0.25, 0.3) is 10.9 Å². The van der Waals surface area contributed by atoms with Crippen LogP contribution in [0, 0.1) is 0 Å². The third-order valence-electron chi connectivity index (χ3n) is 4.44. The summed E-state index contributed by atoms with van der Waals surface area (Å²) in [5, 5.41) is 0.0515. The number of sulfonamides is 1. The van der Waals surface area contributed by atoms with E-state index in [1.54, 1.807) is 12.1 Å². The Hall–Kier alpha value is -2.87. The molecule has 1 aromatic heterocycles. The molecule has 8 heteroatoms. The molecule has 0 atom stereocenters. The number of hydrogen-bond donors (Lipinski definition) is 0. The van der Waals surface area contributed by atoms with Gasteiger partial charge in [0.1, 0.15) is 0 Å². The number of anilines is 1. The molecule has 0 N–H and O–H groups in total. The van der Waals surface area contributed by atoms with Crippen molar-refractivity contribution >= 4 is 26.6 Å². The number of hydrogen-bond acceptors (Lipinski definition) is 5. The van der Waals surface area contributed by atoms with Crippen molar-refractivity contribution in [2.24, 2.45) is 7.05 Å². The lowest BCUT2D eigenvalue weighted by atomic mass is 10.2. The molecule has 0 radical (unpaired) electrons. The quantitative estimate of drug-likeness (QED) is 0.688. The van der Waals surface area contributed by atoms with Gasteiger partial charge in [-0.3, -0.25) is 8.87 Å². The summed E-state index contributed by atoms with van der Waals surface area (Å²) in [6.07, 6.45) is 0.639. The molecular weight excluding hydrogens is 344 g/mol. The van der Waals surface area contributed by atoms with Crippen molar-refractivity contribution in [1.82, 2.24) is 4.57 Å². The summed E-state index contributed by atoms with van der Waals surface area (Å²) < 4.78 is 33.2. The summed E-state index contributed by atoms with van der Waals surface area (Å²) in [5.41, 5.74) is 1.09. The van der Waals surface area contributed by atoms with E-state index in [4.69, 9.17) is 0 Å². The van der Waals surface area contributed by atoms with Crippen LogP contribution in [0.4, 0.5) is 5.69 Å². The molecule has 0 bridgehead atoms. The van der Waals surface area contributed by atoms with Crippen molar-refractivity contribution < 1.29 is 12.8 Å². The lowest BCUT2D eigenvalue weighted by molar-refractivity contribution is 0.432. The number of para-hydroxylation sites is 1.